The van der Waals surface area contributed by atoms with Crippen molar-refractivity contribution in [3.8, 4) is 28.7 Å². The molecule has 1 aliphatic heterocycles. The minimum Gasteiger partial charge on any atom is -0.507 e. The van der Waals surface area contributed by atoms with Gasteiger partial charge < -0.3 is 24.8 Å². The van der Waals surface area contributed by atoms with Gasteiger partial charge in [0.05, 0.1) is 7.11 Å². The minimum absolute atomic E-state index is 0.158. The number of benzene rings is 2. The molecule has 2 aromatic carbocycles. The van der Waals surface area contributed by atoms with Crippen LogP contribution < -0.4 is 9.47 Å². The van der Waals surface area contributed by atoms with Crippen molar-refractivity contribution < 1.29 is 24.8 Å². The van der Waals surface area contributed by atoms with Crippen molar-refractivity contribution >= 4 is 0 Å². The van der Waals surface area contributed by atoms with Crippen molar-refractivity contribution in [2.24, 2.45) is 0 Å². The van der Waals surface area contributed by atoms with Gasteiger partial charge in [0.15, 0.2) is 11.5 Å². The summed E-state index contributed by atoms with van der Waals surface area (Å²) in [6, 6.07) is 7.94. The molecule has 1 aliphatic rings. The van der Waals surface area contributed by atoms with Crippen LogP contribution in [-0.2, 0) is 6.42 Å². The van der Waals surface area contributed by atoms with Crippen LogP contribution in [0.3, 0.4) is 0 Å². The molecule has 0 fully saturated rings. The van der Waals surface area contributed by atoms with E-state index in [-0.39, 0.29) is 23.4 Å². The summed E-state index contributed by atoms with van der Waals surface area (Å²) in [4.78, 5) is 0. The fraction of sp³-hybridized carbons (Fsp3) is 0.250. The van der Waals surface area contributed by atoms with Crippen LogP contribution in [0.2, 0.25) is 0 Å². The molecule has 0 saturated heterocycles. The zero-order valence-corrected chi connectivity index (χ0v) is 11.5. The number of methoxy groups -OCH3 is 1. The summed E-state index contributed by atoms with van der Waals surface area (Å²) in [5, 5.41) is 28.9. The lowest BCUT2D eigenvalue weighted by atomic mass is 9.96. The summed E-state index contributed by atoms with van der Waals surface area (Å²) in [7, 11) is 1.53. The Labute approximate surface area is 122 Å². The number of phenols is 3. The topological polar surface area (TPSA) is 79.2 Å². The van der Waals surface area contributed by atoms with Crippen molar-refractivity contribution in [3.63, 3.8) is 0 Å². The van der Waals surface area contributed by atoms with Crippen LogP contribution in [-0.4, -0.2) is 22.4 Å². The molecule has 1 atom stereocenters. The number of aromatic hydroxyl groups is 3. The van der Waals surface area contributed by atoms with Gasteiger partial charge in [-0.05, 0) is 30.5 Å². The second kappa shape index (κ2) is 5.09. The third kappa shape index (κ3) is 2.42. The quantitative estimate of drug-likeness (QED) is 0.740. The summed E-state index contributed by atoms with van der Waals surface area (Å²) in [5.41, 5.74) is 1.54. The second-order valence-corrected chi connectivity index (χ2v) is 5.02. The first kappa shape index (κ1) is 13.4. The molecule has 0 saturated carbocycles. The zero-order chi connectivity index (χ0) is 15.0. The van der Waals surface area contributed by atoms with Gasteiger partial charge in [0.2, 0.25) is 0 Å². The van der Waals surface area contributed by atoms with Crippen molar-refractivity contribution in [2.75, 3.05) is 7.11 Å². The molecule has 3 N–H and O–H groups in total. The molecule has 1 heterocycles. The molecule has 2 aromatic rings. The van der Waals surface area contributed by atoms with E-state index in [1.165, 1.54) is 19.2 Å². The molecule has 110 valence electrons. The lowest BCUT2D eigenvalue weighted by Crippen LogP contribution is -2.15. The standard InChI is InChI=1S/C16H16O5/c1-20-10-7-13(18)11-3-5-15(21-16(11)8-10)9-2-4-12(17)14(19)6-9/h2,4,6-8,15,17-19H,3,5H2,1H3/t15-/m0/s1. The monoisotopic (exact) mass is 288 g/mol. The van der Waals surface area contributed by atoms with E-state index in [4.69, 9.17) is 9.47 Å². The van der Waals surface area contributed by atoms with E-state index < -0.39 is 0 Å². The Hall–Kier alpha value is -2.56. The van der Waals surface area contributed by atoms with E-state index in [1.807, 2.05) is 0 Å². The number of ether oxygens (including phenoxy) is 2. The van der Waals surface area contributed by atoms with E-state index in [2.05, 4.69) is 0 Å². The molecular weight excluding hydrogens is 272 g/mol. The fourth-order valence-corrected chi connectivity index (χ4v) is 2.54. The largest absolute Gasteiger partial charge is 0.507 e. The van der Waals surface area contributed by atoms with Gasteiger partial charge in [-0.15, -0.1) is 0 Å². The highest BCUT2D eigenvalue weighted by Gasteiger charge is 2.25. The Morgan fingerprint density at radius 2 is 1.86 bits per heavy atom. The summed E-state index contributed by atoms with van der Waals surface area (Å²) < 4.78 is 11.0. The highest BCUT2D eigenvalue weighted by molar-refractivity contribution is 5.51. The van der Waals surface area contributed by atoms with E-state index in [9.17, 15) is 15.3 Å². The average molecular weight is 288 g/mol. The predicted octanol–water partition coefficient (Wildman–Crippen LogP) is 2.88. The molecule has 0 bridgehead atoms. The molecule has 0 aliphatic carbocycles. The first-order valence-electron chi connectivity index (χ1n) is 6.67. The number of phenolic OH excluding ortho intramolecular Hbond substituents is 3. The molecule has 0 spiro atoms. The molecule has 0 aromatic heterocycles. The van der Waals surface area contributed by atoms with Crippen LogP contribution in [0.25, 0.3) is 0 Å². The Balaban J connectivity index is 1.93. The summed E-state index contributed by atoms with van der Waals surface area (Å²) in [6.07, 6.45) is 1.10. The van der Waals surface area contributed by atoms with Gasteiger partial charge in [-0.1, -0.05) is 6.07 Å². The Bertz CT molecular complexity index is 681. The van der Waals surface area contributed by atoms with Crippen LogP contribution in [0, 0.1) is 0 Å². The number of rotatable bonds is 2. The molecular formula is C16H16O5. The first-order valence-corrected chi connectivity index (χ1v) is 6.67. The Kier molecular flexibility index (Phi) is 3.25. The predicted molar refractivity (Wildman–Crippen MR) is 76.1 cm³/mol. The van der Waals surface area contributed by atoms with Gasteiger partial charge in [0, 0.05) is 17.7 Å². The first-order chi connectivity index (χ1) is 10.1. The van der Waals surface area contributed by atoms with Crippen LogP contribution in [0.4, 0.5) is 0 Å². The van der Waals surface area contributed by atoms with Gasteiger partial charge >= 0.3 is 0 Å². The van der Waals surface area contributed by atoms with Crippen LogP contribution in [0.5, 0.6) is 28.7 Å². The molecule has 5 nitrogen and oxygen atoms in total. The Morgan fingerprint density at radius 3 is 2.57 bits per heavy atom. The summed E-state index contributed by atoms with van der Waals surface area (Å²) in [5.74, 6) is 0.942. The van der Waals surface area contributed by atoms with Gasteiger partial charge in [-0.2, -0.15) is 0 Å². The average Bonchev–Trinajstić information content (AvgIpc) is 2.49. The van der Waals surface area contributed by atoms with Crippen molar-refractivity contribution in [3.05, 3.63) is 41.5 Å². The normalized spacial score (nSPS) is 16.9. The van der Waals surface area contributed by atoms with Gasteiger partial charge in [0.25, 0.3) is 0 Å². The second-order valence-electron chi connectivity index (χ2n) is 5.02. The molecule has 0 radical (unpaired) electrons. The van der Waals surface area contributed by atoms with E-state index in [0.717, 1.165) is 11.1 Å². The maximum atomic E-state index is 9.97. The van der Waals surface area contributed by atoms with Crippen molar-refractivity contribution in [1.29, 1.82) is 0 Å². The van der Waals surface area contributed by atoms with Crippen LogP contribution in [0.1, 0.15) is 23.7 Å². The maximum absolute atomic E-state index is 9.97. The minimum atomic E-state index is -0.240. The number of hydrogen-bond donors (Lipinski definition) is 3. The molecule has 0 unspecified atom stereocenters. The molecule has 5 heteroatoms. The van der Waals surface area contributed by atoms with Crippen LogP contribution >= 0.6 is 0 Å². The highest BCUT2D eigenvalue weighted by Crippen LogP contribution is 2.42. The lowest BCUT2D eigenvalue weighted by molar-refractivity contribution is 0.173. The van der Waals surface area contributed by atoms with Crippen molar-refractivity contribution in [1.82, 2.24) is 0 Å². The molecule has 21 heavy (non-hydrogen) atoms. The number of hydrogen-bond acceptors (Lipinski definition) is 5. The highest BCUT2D eigenvalue weighted by atomic mass is 16.5. The fourth-order valence-electron chi connectivity index (χ4n) is 2.54. The summed E-state index contributed by atoms with van der Waals surface area (Å²) in [6.45, 7) is 0. The number of fused-ring (bicyclic) bond motifs is 1. The van der Waals surface area contributed by atoms with E-state index in [0.29, 0.717) is 24.3 Å². The molecule has 3 rings (SSSR count). The van der Waals surface area contributed by atoms with Gasteiger partial charge in [-0.25, -0.2) is 0 Å². The van der Waals surface area contributed by atoms with Crippen molar-refractivity contribution in [2.45, 2.75) is 18.9 Å². The summed E-state index contributed by atoms with van der Waals surface area (Å²) >= 11 is 0. The lowest BCUT2D eigenvalue weighted by Gasteiger charge is -2.27. The third-order valence-corrected chi connectivity index (χ3v) is 3.69. The molecule has 0 amide bonds. The van der Waals surface area contributed by atoms with Crippen LogP contribution in [0.15, 0.2) is 30.3 Å². The maximum Gasteiger partial charge on any atom is 0.157 e. The third-order valence-electron chi connectivity index (χ3n) is 3.69. The smallest absolute Gasteiger partial charge is 0.157 e. The SMILES string of the molecule is COc1cc(O)c2c(c1)O[C@H](c1ccc(O)c(O)c1)CC2. The van der Waals surface area contributed by atoms with E-state index >= 15 is 0 Å². The Morgan fingerprint density at radius 1 is 1.05 bits per heavy atom. The van der Waals surface area contributed by atoms with E-state index in [1.54, 1.807) is 18.2 Å². The van der Waals surface area contributed by atoms with Gasteiger partial charge in [0.1, 0.15) is 23.4 Å². The zero-order valence-electron chi connectivity index (χ0n) is 11.5. The van der Waals surface area contributed by atoms with Gasteiger partial charge in [-0.3, -0.25) is 0 Å².